The molecule has 110 valence electrons. The first kappa shape index (κ1) is 15.0. The summed E-state index contributed by atoms with van der Waals surface area (Å²) in [6.07, 6.45) is 0.818. The second-order valence-electron chi connectivity index (χ2n) is 5.44. The summed E-state index contributed by atoms with van der Waals surface area (Å²) in [6, 6.07) is 8.18. The van der Waals surface area contributed by atoms with Crippen molar-refractivity contribution >= 4 is 5.91 Å². The highest BCUT2D eigenvalue weighted by Gasteiger charge is 2.46. The van der Waals surface area contributed by atoms with Gasteiger partial charge in [-0.15, -0.1) is 0 Å². The number of rotatable bonds is 7. The number of amides is 1. The number of carbonyl (C=O) groups is 1. The summed E-state index contributed by atoms with van der Waals surface area (Å²) in [5.74, 6) is 0.172. The Balaban J connectivity index is 2.11. The molecule has 20 heavy (non-hydrogen) atoms. The van der Waals surface area contributed by atoms with Crippen molar-refractivity contribution in [2.24, 2.45) is 0 Å². The fraction of sp³-hybridized carbons (Fsp3) is 0.562. The predicted molar refractivity (Wildman–Crippen MR) is 77.8 cm³/mol. The highest BCUT2D eigenvalue weighted by atomic mass is 16.5. The Bertz CT molecular complexity index is 467. The van der Waals surface area contributed by atoms with E-state index in [0.29, 0.717) is 26.3 Å². The third-order valence-corrected chi connectivity index (χ3v) is 4.05. The van der Waals surface area contributed by atoms with Crippen molar-refractivity contribution in [3.8, 4) is 0 Å². The monoisotopic (exact) mass is 277 g/mol. The van der Waals surface area contributed by atoms with Crippen LogP contribution in [0.1, 0.15) is 18.1 Å². The first-order valence-electron chi connectivity index (χ1n) is 6.99. The summed E-state index contributed by atoms with van der Waals surface area (Å²) in [7, 11) is 3.30. The number of fused-ring (bicyclic) bond motifs is 1. The number of methoxy groups -OCH3 is 2. The largest absolute Gasteiger partial charge is 0.383 e. The van der Waals surface area contributed by atoms with Gasteiger partial charge in [0.05, 0.1) is 18.6 Å². The second-order valence-corrected chi connectivity index (χ2v) is 5.44. The van der Waals surface area contributed by atoms with Crippen LogP contribution in [-0.4, -0.2) is 51.3 Å². The van der Waals surface area contributed by atoms with E-state index in [0.717, 1.165) is 12.0 Å². The lowest BCUT2D eigenvalue weighted by atomic mass is 9.64. The molecule has 0 saturated heterocycles. The molecule has 0 aromatic heterocycles. The van der Waals surface area contributed by atoms with Gasteiger partial charge < -0.3 is 14.4 Å². The van der Waals surface area contributed by atoms with Gasteiger partial charge in [0.15, 0.2) is 0 Å². The molecule has 0 N–H and O–H groups in total. The predicted octanol–water partition coefficient (Wildman–Crippen LogP) is 1.62. The van der Waals surface area contributed by atoms with Gasteiger partial charge in [-0.25, -0.2) is 0 Å². The Labute approximate surface area is 120 Å². The van der Waals surface area contributed by atoms with E-state index in [4.69, 9.17) is 9.47 Å². The van der Waals surface area contributed by atoms with Crippen molar-refractivity contribution in [2.75, 3.05) is 40.5 Å². The number of hydrogen-bond donors (Lipinski definition) is 0. The fourth-order valence-corrected chi connectivity index (χ4v) is 2.84. The number of benzene rings is 1. The minimum absolute atomic E-state index is 0.172. The van der Waals surface area contributed by atoms with Gasteiger partial charge in [-0.2, -0.15) is 0 Å². The third kappa shape index (κ3) is 2.72. The molecule has 4 heteroatoms. The molecular formula is C16H23NO3. The van der Waals surface area contributed by atoms with Crippen LogP contribution in [0.25, 0.3) is 0 Å². The molecule has 1 unspecified atom stereocenters. The highest BCUT2D eigenvalue weighted by Crippen LogP contribution is 2.42. The van der Waals surface area contributed by atoms with E-state index in [1.807, 2.05) is 24.0 Å². The quantitative estimate of drug-likeness (QED) is 0.760. The average molecular weight is 277 g/mol. The minimum atomic E-state index is -0.391. The molecule has 1 atom stereocenters. The van der Waals surface area contributed by atoms with Crippen molar-refractivity contribution in [2.45, 2.75) is 18.8 Å². The van der Waals surface area contributed by atoms with Crippen LogP contribution in [0, 0.1) is 0 Å². The van der Waals surface area contributed by atoms with Crippen molar-refractivity contribution in [3.05, 3.63) is 35.4 Å². The first-order chi connectivity index (χ1) is 9.63. The Morgan fingerprint density at radius 2 is 1.80 bits per heavy atom. The van der Waals surface area contributed by atoms with Crippen LogP contribution in [0.15, 0.2) is 24.3 Å². The molecule has 4 nitrogen and oxygen atoms in total. The van der Waals surface area contributed by atoms with E-state index in [9.17, 15) is 4.79 Å². The summed E-state index contributed by atoms with van der Waals surface area (Å²) in [6.45, 7) is 4.34. The number of carbonyl (C=O) groups excluding carboxylic acids is 1. The normalized spacial score (nSPS) is 20.1. The van der Waals surface area contributed by atoms with E-state index >= 15 is 0 Å². The van der Waals surface area contributed by atoms with Crippen LogP contribution in [0.5, 0.6) is 0 Å². The molecule has 0 radical (unpaired) electrons. The first-order valence-corrected chi connectivity index (χ1v) is 6.99. The molecule has 2 rings (SSSR count). The van der Waals surface area contributed by atoms with E-state index < -0.39 is 5.41 Å². The topological polar surface area (TPSA) is 38.8 Å². The van der Waals surface area contributed by atoms with Crippen LogP contribution in [0.4, 0.5) is 0 Å². The molecule has 1 aromatic rings. The molecule has 0 fully saturated rings. The van der Waals surface area contributed by atoms with Gasteiger partial charge in [0.2, 0.25) is 5.91 Å². The highest BCUT2D eigenvalue weighted by molar-refractivity contribution is 5.91. The Morgan fingerprint density at radius 3 is 2.35 bits per heavy atom. The maximum atomic E-state index is 12.8. The average Bonchev–Trinajstić information content (AvgIpc) is 2.45. The standard InChI is InChI=1S/C16H23NO3/c1-16(12-13-6-4-5-7-14(13)16)15(18)17(8-10-19-2)9-11-20-3/h4-7H,8-12H2,1-3H3. The number of hydrogen-bond acceptors (Lipinski definition) is 3. The second kappa shape index (κ2) is 6.37. The van der Waals surface area contributed by atoms with E-state index in [2.05, 4.69) is 12.1 Å². The maximum absolute atomic E-state index is 12.8. The summed E-state index contributed by atoms with van der Waals surface area (Å²) < 4.78 is 10.2. The van der Waals surface area contributed by atoms with Crippen LogP contribution in [0.2, 0.25) is 0 Å². The lowest BCUT2D eigenvalue weighted by molar-refractivity contribution is -0.139. The molecule has 0 aliphatic heterocycles. The molecule has 1 aromatic carbocycles. The van der Waals surface area contributed by atoms with Crippen molar-refractivity contribution < 1.29 is 14.3 Å². The Kier molecular flexibility index (Phi) is 4.78. The van der Waals surface area contributed by atoms with Gasteiger partial charge in [-0.1, -0.05) is 24.3 Å². The molecule has 1 amide bonds. The smallest absolute Gasteiger partial charge is 0.233 e. The number of ether oxygens (including phenoxy) is 2. The summed E-state index contributed by atoms with van der Waals surface area (Å²) in [4.78, 5) is 14.7. The Morgan fingerprint density at radius 1 is 1.20 bits per heavy atom. The van der Waals surface area contributed by atoms with E-state index in [1.165, 1.54) is 5.56 Å². The minimum Gasteiger partial charge on any atom is -0.383 e. The molecule has 1 aliphatic carbocycles. The van der Waals surface area contributed by atoms with E-state index in [1.54, 1.807) is 14.2 Å². The van der Waals surface area contributed by atoms with Crippen molar-refractivity contribution in [1.82, 2.24) is 4.90 Å². The van der Waals surface area contributed by atoms with Gasteiger partial charge in [0.25, 0.3) is 0 Å². The molecule has 0 bridgehead atoms. The summed E-state index contributed by atoms with van der Waals surface area (Å²) in [5.41, 5.74) is 2.05. The van der Waals surface area contributed by atoms with Crippen LogP contribution in [0.3, 0.4) is 0 Å². The molecule has 1 aliphatic rings. The zero-order chi connectivity index (χ0) is 14.6. The molecule has 0 saturated carbocycles. The van der Waals surface area contributed by atoms with Gasteiger partial charge in [-0.3, -0.25) is 4.79 Å². The molecule has 0 spiro atoms. The van der Waals surface area contributed by atoms with Crippen molar-refractivity contribution in [3.63, 3.8) is 0 Å². The number of nitrogens with zero attached hydrogens (tertiary/aromatic N) is 1. The Hall–Kier alpha value is -1.39. The SMILES string of the molecule is COCCN(CCOC)C(=O)C1(C)Cc2ccccc21. The van der Waals surface area contributed by atoms with Crippen LogP contribution >= 0.6 is 0 Å². The zero-order valence-electron chi connectivity index (χ0n) is 12.5. The molecule has 0 heterocycles. The lowest BCUT2D eigenvalue weighted by Crippen LogP contribution is -2.52. The fourth-order valence-electron chi connectivity index (χ4n) is 2.84. The van der Waals surface area contributed by atoms with Gasteiger partial charge in [0, 0.05) is 27.3 Å². The van der Waals surface area contributed by atoms with E-state index in [-0.39, 0.29) is 5.91 Å². The van der Waals surface area contributed by atoms with Crippen molar-refractivity contribution in [1.29, 1.82) is 0 Å². The lowest BCUT2D eigenvalue weighted by Gasteiger charge is -2.42. The molecular weight excluding hydrogens is 254 g/mol. The van der Waals surface area contributed by atoms with Crippen LogP contribution < -0.4 is 0 Å². The van der Waals surface area contributed by atoms with Gasteiger partial charge >= 0.3 is 0 Å². The summed E-state index contributed by atoms with van der Waals surface area (Å²) in [5, 5.41) is 0. The third-order valence-electron chi connectivity index (χ3n) is 4.05. The van der Waals surface area contributed by atoms with Gasteiger partial charge in [-0.05, 0) is 24.5 Å². The maximum Gasteiger partial charge on any atom is 0.233 e. The zero-order valence-corrected chi connectivity index (χ0v) is 12.5. The van der Waals surface area contributed by atoms with Crippen LogP contribution in [-0.2, 0) is 26.1 Å². The van der Waals surface area contributed by atoms with Gasteiger partial charge in [0.1, 0.15) is 0 Å². The summed E-state index contributed by atoms with van der Waals surface area (Å²) >= 11 is 0.